The van der Waals surface area contributed by atoms with Gasteiger partial charge in [0, 0.05) is 18.7 Å². The monoisotopic (exact) mass is 305 g/mol. The minimum Gasteiger partial charge on any atom is -0.384 e. The average Bonchev–Trinajstić information content (AvgIpc) is 2.92. The molecule has 1 heterocycles. The van der Waals surface area contributed by atoms with Crippen LogP contribution in [0.15, 0.2) is 11.4 Å². The standard InChI is InChI=1S/C17H23NO2S/c1-17(2)9-6-14(7-10-17)18(3)16(20)15-13(5-4-11-19)8-12-21-15/h8,12,14,19H,6-7,9-11H2,1-3H3. The highest BCUT2D eigenvalue weighted by atomic mass is 32.1. The first-order valence-corrected chi connectivity index (χ1v) is 8.27. The fourth-order valence-corrected chi connectivity index (χ4v) is 3.64. The molecule has 3 nitrogen and oxygen atoms in total. The second-order valence-electron chi connectivity index (χ2n) is 6.43. The number of aliphatic hydroxyl groups is 1. The zero-order valence-electron chi connectivity index (χ0n) is 13.0. The number of rotatable bonds is 2. The molecule has 1 fully saturated rings. The van der Waals surface area contributed by atoms with E-state index < -0.39 is 0 Å². The van der Waals surface area contributed by atoms with Crippen LogP contribution in [0.25, 0.3) is 0 Å². The number of hydrogen-bond acceptors (Lipinski definition) is 3. The first-order chi connectivity index (χ1) is 9.94. The lowest BCUT2D eigenvalue weighted by molar-refractivity contribution is 0.0640. The van der Waals surface area contributed by atoms with Gasteiger partial charge in [-0.15, -0.1) is 11.3 Å². The molecule has 1 aromatic heterocycles. The number of aliphatic hydroxyl groups excluding tert-OH is 1. The van der Waals surface area contributed by atoms with Crippen LogP contribution in [0.3, 0.4) is 0 Å². The maximum absolute atomic E-state index is 12.7. The fourth-order valence-electron chi connectivity index (χ4n) is 2.81. The van der Waals surface area contributed by atoms with E-state index in [1.165, 1.54) is 11.3 Å². The summed E-state index contributed by atoms with van der Waals surface area (Å²) in [4.78, 5) is 15.2. The summed E-state index contributed by atoms with van der Waals surface area (Å²) in [6, 6.07) is 2.17. The van der Waals surface area contributed by atoms with Crippen LogP contribution < -0.4 is 0 Å². The predicted octanol–water partition coefficient (Wildman–Crippen LogP) is 3.13. The van der Waals surface area contributed by atoms with Crippen LogP contribution in [0, 0.1) is 17.3 Å². The van der Waals surface area contributed by atoms with Crippen molar-refractivity contribution in [2.24, 2.45) is 5.41 Å². The molecule has 1 amide bonds. The molecular formula is C17H23NO2S. The second kappa shape index (κ2) is 6.64. The molecule has 1 aromatic rings. The quantitative estimate of drug-likeness (QED) is 0.853. The first-order valence-electron chi connectivity index (χ1n) is 7.39. The Balaban J connectivity index is 2.08. The molecule has 1 N–H and O–H groups in total. The summed E-state index contributed by atoms with van der Waals surface area (Å²) in [7, 11) is 1.90. The topological polar surface area (TPSA) is 40.5 Å². The van der Waals surface area contributed by atoms with Gasteiger partial charge in [0.2, 0.25) is 0 Å². The molecule has 1 aliphatic rings. The molecule has 0 unspecified atom stereocenters. The van der Waals surface area contributed by atoms with Crippen molar-refractivity contribution in [3.8, 4) is 11.8 Å². The van der Waals surface area contributed by atoms with Gasteiger partial charge in [-0.3, -0.25) is 4.79 Å². The number of amides is 1. The highest BCUT2D eigenvalue weighted by Gasteiger charge is 2.31. The zero-order valence-corrected chi connectivity index (χ0v) is 13.8. The number of thiophene rings is 1. The average molecular weight is 305 g/mol. The molecule has 4 heteroatoms. The van der Waals surface area contributed by atoms with Gasteiger partial charge in [0.1, 0.15) is 11.5 Å². The van der Waals surface area contributed by atoms with E-state index in [0.29, 0.717) is 16.3 Å². The Morgan fingerprint density at radius 2 is 2.14 bits per heavy atom. The Hall–Kier alpha value is -1.31. The van der Waals surface area contributed by atoms with Gasteiger partial charge in [0.05, 0.1) is 0 Å². The molecule has 21 heavy (non-hydrogen) atoms. The summed E-state index contributed by atoms with van der Waals surface area (Å²) in [6.45, 7) is 4.41. The summed E-state index contributed by atoms with van der Waals surface area (Å²) in [5, 5.41) is 10.7. The van der Waals surface area contributed by atoms with Crippen molar-refractivity contribution < 1.29 is 9.90 Å². The minimum absolute atomic E-state index is 0.0527. The summed E-state index contributed by atoms with van der Waals surface area (Å²) in [5.41, 5.74) is 1.13. The number of nitrogens with zero attached hydrogens (tertiary/aromatic N) is 1. The molecule has 0 aromatic carbocycles. The Bertz CT molecular complexity index is 555. The van der Waals surface area contributed by atoms with Crippen molar-refractivity contribution in [1.82, 2.24) is 4.90 Å². The molecule has 1 aliphatic carbocycles. The summed E-state index contributed by atoms with van der Waals surface area (Å²) >= 11 is 1.42. The van der Waals surface area contributed by atoms with Gasteiger partial charge < -0.3 is 10.0 Å². The van der Waals surface area contributed by atoms with Crippen molar-refractivity contribution >= 4 is 17.2 Å². The Morgan fingerprint density at radius 1 is 1.48 bits per heavy atom. The third-order valence-electron chi connectivity index (χ3n) is 4.34. The van der Waals surface area contributed by atoms with Crippen LogP contribution in [0.4, 0.5) is 0 Å². The van der Waals surface area contributed by atoms with Crippen LogP contribution in [-0.2, 0) is 0 Å². The zero-order chi connectivity index (χ0) is 15.5. The molecule has 2 rings (SSSR count). The van der Waals surface area contributed by atoms with Crippen molar-refractivity contribution in [3.63, 3.8) is 0 Å². The third kappa shape index (κ3) is 3.87. The Labute approximate surface area is 131 Å². The maximum atomic E-state index is 12.7. The summed E-state index contributed by atoms with van der Waals surface area (Å²) in [6.07, 6.45) is 4.46. The SMILES string of the molecule is CN(C(=O)c1sccc1C#CCO)C1CCC(C)(C)CC1. The third-order valence-corrected chi connectivity index (χ3v) is 5.24. The summed E-state index contributed by atoms with van der Waals surface area (Å²) < 4.78 is 0. The van der Waals surface area contributed by atoms with Crippen molar-refractivity contribution in [3.05, 3.63) is 21.9 Å². The van der Waals surface area contributed by atoms with Gasteiger partial charge in [-0.2, -0.15) is 0 Å². The lowest BCUT2D eigenvalue weighted by atomic mass is 9.75. The molecule has 0 radical (unpaired) electrons. The van der Waals surface area contributed by atoms with Crippen LogP contribution in [0.2, 0.25) is 0 Å². The number of carbonyl (C=O) groups excluding carboxylic acids is 1. The van der Waals surface area contributed by atoms with E-state index in [1.54, 1.807) is 0 Å². The molecule has 0 aliphatic heterocycles. The fraction of sp³-hybridized carbons (Fsp3) is 0.588. The van der Waals surface area contributed by atoms with Crippen LogP contribution in [0.1, 0.15) is 54.8 Å². The van der Waals surface area contributed by atoms with Crippen LogP contribution >= 0.6 is 11.3 Å². The van der Waals surface area contributed by atoms with E-state index in [1.807, 2.05) is 23.4 Å². The molecule has 1 saturated carbocycles. The van der Waals surface area contributed by atoms with E-state index in [9.17, 15) is 4.79 Å². The van der Waals surface area contributed by atoms with Crippen molar-refractivity contribution in [2.75, 3.05) is 13.7 Å². The normalized spacial score (nSPS) is 17.9. The second-order valence-corrected chi connectivity index (χ2v) is 7.35. The van der Waals surface area contributed by atoms with Gasteiger partial charge >= 0.3 is 0 Å². The van der Waals surface area contributed by atoms with E-state index in [4.69, 9.17) is 5.11 Å². The van der Waals surface area contributed by atoms with Gasteiger partial charge in [0.15, 0.2) is 0 Å². The van der Waals surface area contributed by atoms with E-state index in [0.717, 1.165) is 31.2 Å². The van der Waals surface area contributed by atoms with Crippen LogP contribution in [-0.4, -0.2) is 35.6 Å². The Kier molecular flexibility index (Phi) is 5.08. The lowest BCUT2D eigenvalue weighted by Gasteiger charge is -2.38. The van der Waals surface area contributed by atoms with Crippen molar-refractivity contribution in [1.29, 1.82) is 0 Å². The molecule has 114 valence electrons. The molecule has 0 spiro atoms. The lowest BCUT2D eigenvalue weighted by Crippen LogP contribution is -2.40. The number of carbonyl (C=O) groups is 1. The smallest absolute Gasteiger partial charge is 0.265 e. The largest absolute Gasteiger partial charge is 0.384 e. The Morgan fingerprint density at radius 3 is 2.76 bits per heavy atom. The van der Waals surface area contributed by atoms with Gasteiger partial charge in [-0.1, -0.05) is 25.7 Å². The first kappa shape index (κ1) is 16.1. The van der Waals surface area contributed by atoms with E-state index in [2.05, 4.69) is 25.7 Å². The van der Waals surface area contributed by atoms with Crippen molar-refractivity contribution in [2.45, 2.75) is 45.6 Å². The highest BCUT2D eigenvalue weighted by molar-refractivity contribution is 7.12. The van der Waals surface area contributed by atoms with Gasteiger partial charge in [-0.05, 0) is 42.5 Å². The number of hydrogen-bond donors (Lipinski definition) is 1. The maximum Gasteiger partial charge on any atom is 0.265 e. The van der Waals surface area contributed by atoms with Gasteiger partial charge in [-0.25, -0.2) is 0 Å². The molecule has 0 atom stereocenters. The highest BCUT2D eigenvalue weighted by Crippen LogP contribution is 2.37. The summed E-state index contributed by atoms with van der Waals surface area (Å²) in [5.74, 6) is 5.53. The molecular weight excluding hydrogens is 282 g/mol. The molecule has 0 saturated heterocycles. The minimum atomic E-state index is -0.184. The van der Waals surface area contributed by atoms with E-state index >= 15 is 0 Å². The van der Waals surface area contributed by atoms with E-state index in [-0.39, 0.29) is 12.5 Å². The molecule has 0 bridgehead atoms. The van der Waals surface area contributed by atoms with Gasteiger partial charge in [0.25, 0.3) is 5.91 Å². The predicted molar refractivity (Wildman–Crippen MR) is 86.4 cm³/mol. The van der Waals surface area contributed by atoms with Crippen LogP contribution in [0.5, 0.6) is 0 Å².